The molecule has 16 nitrogen and oxygen atoms in total. The van der Waals surface area contributed by atoms with Crippen molar-refractivity contribution in [2.45, 2.75) is 96.4 Å². The second-order valence-corrected chi connectivity index (χ2v) is 11.9. The van der Waals surface area contributed by atoms with Crippen LogP contribution in [0, 0.1) is 5.92 Å². The summed E-state index contributed by atoms with van der Waals surface area (Å²) in [6.07, 6.45) is 1.55. The Bertz CT molecular complexity index is 1280. The van der Waals surface area contributed by atoms with Crippen LogP contribution in [0.25, 0.3) is 0 Å². The Kier molecular flexibility index (Phi) is 15.4. The van der Waals surface area contributed by atoms with Crippen LogP contribution in [0.5, 0.6) is 5.75 Å². The molecule has 1 aliphatic heterocycles. The van der Waals surface area contributed by atoms with Crippen LogP contribution in [0.1, 0.15) is 65.4 Å². The number of carbonyl (C=O) groups excluding carboxylic acids is 6. The smallest absolute Gasteiger partial charge is 0.243 e. The van der Waals surface area contributed by atoms with Crippen LogP contribution in [0.4, 0.5) is 0 Å². The van der Waals surface area contributed by atoms with Crippen molar-refractivity contribution in [1.82, 2.24) is 31.9 Å². The van der Waals surface area contributed by atoms with Crippen molar-refractivity contribution >= 4 is 41.4 Å². The lowest BCUT2D eigenvalue weighted by Crippen LogP contribution is -2.59. The zero-order chi connectivity index (χ0) is 35.1. The molecule has 0 aliphatic carbocycles. The molecule has 6 amide bonds. The van der Waals surface area contributed by atoms with Gasteiger partial charge in [0.25, 0.3) is 0 Å². The fourth-order valence-corrected chi connectivity index (χ4v) is 4.85. The average molecular weight is 660 g/mol. The molecule has 0 aromatic heterocycles. The maximum Gasteiger partial charge on any atom is 0.243 e. The second kappa shape index (κ2) is 18.9. The molecule has 1 fully saturated rings. The van der Waals surface area contributed by atoms with Crippen molar-refractivity contribution < 1.29 is 33.9 Å². The van der Waals surface area contributed by atoms with E-state index >= 15 is 0 Å². The number of nitrogens with zero attached hydrogens (tertiary/aromatic N) is 1. The van der Waals surface area contributed by atoms with Gasteiger partial charge in [0.15, 0.2) is 5.96 Å². The van der Waals surface area contributed by atoms with Gasteiger partial charge in [0.05, 0.1) is 0 Å². The predicted octanol–water partition coefficient (Wildman–Crippen LogP) is -1.59. The third-order valence-corrected chi connectivity index (χ3v) is 7.51. The van der Waals surface area contributed by atoms with Crippen LogP contribution >= 0.6 is 0 Å². The van der Waals surface area contributed by atoms with Crippen molar-refractivity contribution in [2.24, 2.45) is 22.4 Å². The number of amides is 6. The summed E-state index contributed by atoms with van der Waals surface area (Å²) in [6.45, 7) is 6.85. The minimum absolute atomic E-state index is 0.00627. The molecule has 0 radical (unpaired) electrons. The van der Waals surface area contributed by atoms with Gasteiger partial charge in [-0.05, 0) is 62.6 Å². The molecular formula is C31H49N9O7. The Morgan fingerprint density at radius 2 is 1.36 bits per heavy atom. The SMILES string of the molecule is CC(=O)NCCCC[C@@H]1NC(=O)[C@H](CCCN=C(N)N)NC(=O)[C@@H](Cc2ccc(O)cc2)NC(=O)[C@H](C(C)C)NC(=O)[C@H](C)NC1=O. The molecule has 1 heterocycles. The quantitative estimate of drug-likeness (QED) is 0.0711. The van der Waals surface area contributed by atoms with Gasteiger partial charge in [-0.25, -0.2) is 0 Å². The van der Waals surface area contributed by atoms with Gasteiger partial charge in [-0.1, -0.05) is 26.0 Å². The highest BCUT2D eigenvalue weighted by molar-refractivity contribution is 5.98. The van der Waals surface area contributed by atoms with E-state index in [0.29, 0.717) is 31.4 Å². The average Bonchev–Trinajstić information content (AvgIpc) is 2.99. The summed E-state index contributed by atoms with van der Waals surface area (Å²) in [4.78, 5) is 82.7. The summed E-state index contributed by atoms with van der Waals surface area (Å²) in [5.41, 5.74) is 11.5. The van der Waals surface area contributed by atoms with Crippen molar-refractivity contribution in [3.05, 3.63) is 29.8 Å². The maximum atomic E-state index is 13.8. The number of carbonyl (C=O) groups is 6. The Hall–Kier alpha value is -4.89. The van der Waals surface area contributed by atoms with Gasteiger partial charge in [-0.2, -0.15) is 0 Å². The van der Waals surface area contributed by atoms with E-state index in [1.54, 1.807) is 26.0 Å². The van der Waals surface area contributed by atoms with E-state index in [1.165, 1.54) is 26.0 Å². The number of nitrogens with two attached hydrogens (primary N) is 2. The number of benzene rings is 1. The van der Waals surface area contributed by atoms with Crippen LogP contribution in [-0.4, -0.2) is 89.8 Å². The lowest BCUT2D eigenvalue weighted by Gasteiger charge is -2.27. The number of unbranched alkanes of at least 4 members (excludes halogenated alkanes) is 1. The van der Waals surface area contributed by atoms with Gasteiger partial charge in [0.1, 0.15) is 36.0 Å². The summed E-state index contributed by atoms with van der Waals surface area (Å²) >= 11 is 0. The third kappa shape index (κ3) is 13.6. The number of aromatic hydroxyl groups is 1. The van der Waals surface area contributed by atoms with Crippen molar-refractivity contribution in [3.8, 4) is 5.75 Å². The van der Waals surface area contributed by atoms with E-state index in [4.69, 9.17) is 11.5 Å². The highest BCUT2D eigenvalue weighted by atomic mass is 16.3. The van der Waals surface area contributed by atoms with E-state index in [0.717, 1.165) is 0 Å². The molecule has 5 atom stereocenters. The monoisotopic (exact) mass is 659 g/mol. The normalized spacial score (nSPS) is 22.8. The van der Waals surface area contributed by atoms with Crippen LogP contribution in [0.15, 0.2) is 29.3 Å². The van der Waals surface area contributed by atoms with Crippen molar-refractivity contribution in [2.75, 3.05) is 13.1 Å². The summed E-state index contributed by atoms with van der Waals surface area (Å²) in [5.74, 6) is -3.93. The number of hydrogen-bond donors (Lipinski definition) is 9. The van der Waals surface area contributed by atoms with Crippen LogP contribution in [0.2, 0.25) is 0 Å². The van der Waals surface area contributed by atoms with Gasteiger partial charge in [0, 0.05) is 26.4 Å². The van der Waals surface area contributed by atoms with Gasteiger partial charge in [-0.15, -0.1) is 0 Å². The number of hydrogen-bond acceptors (Lipinski definition) is 8. The number of phenolic OH excluding ortho intramolecular Hbond substituents is 1. The van der Waals surface area contributed by atoms with E-state index < -0.39 is 65.7 Å². The van der Waals surface area contributed by atoms with Gasteiger partial charge >= 0.3 is 0 Å². The molecule has 11 N–H and O–H groups in total. The molecule has 16 heteroatoms. The Morgan fingerprint density at radius 1 is 0.809 bits per heavy atom. The molecule has 1 saturated heterocycles. The first-order valence-electron chi connectivity index (χ1n) is 15.8. The molecule has 260 valence electrons. The topological polar surface area (TPSA) is 259 Å². The zero-order valence-electron chi connectivity index (χ0n) is 27.4. The molecule has 0 saturated carbocycles. The molecule has 1 aliphatic rings. The van der Waals surface area contributed by atoms with E-state index in [2.05, 4.69) is 36.9 Å². The Morgan fingerprint density at radius 3 is 1.94 bits per heavy atom. The molecule has 0 unspecified atom stereocenters. The summed E-state index contributed by atoms with van der Waals surface area (Å²) in [6, 6.07) is 0.567. The van der Waals surface area contributed by atoms with Gasteiger partial charge < -0.3 is 48.5 Å². The van der Waals surface area contributed by atoms with E-state index in [1.807, 2.05) is 0 Å². The molecule has 0 spiro atoms. The lowest BCUT2D eigenvalue weighted by molar-refractivity contribution is -0.134. The Labute approximate surface area is 274 Å². The predicted molar refractivity (Wildman–Crippen MR) is 174 cm³/mol. The van der Waals surface area contributed by atoms with Crippen molar-refractivity contribution in [1.29, 1.82) is 0 Å². The summed E-state index contributed by atoms with van der Waals surface area (Å²) in [5, 5.41) is 25.8. The minimum atomic E-state index is -1.18. The highest BCUT2D eigenvalue weighted by Gasteiger charge is 2.34. The first-order valence-corrected chi connectivity index (χ1v) is 15.8. The first-order chi connectivity index (χ1) is 22.2. The standard InChI is InChI=1S/C31H49N9O7/c1-17(2)25-30(47)39-24(16-20-10-12-21(42)13-11-20)29(46)38-23(9-7-15-35-31(32)33)28(45)37-22(8-5-6-14-34-19(4)41)27(44)36-18(3)26(43)40-25/h10-13,17-18,22-25,42H,5-9,14-16H2,1-4H3,(H,34,41)(H,36,44)(H,37,45)(H,38,46)(H,39,47)(H,40,43)(H4,32,33,35)/t18-,22-,23-,24+,25-/m0/s1. The molecule has 47 heavy (non-hydrogen) atoms. The van der Waals surface area contributed by atoms with Crippen LogP contribution < -0.4 is 43.4 Å². The zero-order valence-corrected chi connectivity index (χ0v) is 27.4. The first kappa shape index (κ1) is 38.3. The molecule has 1 aromatic rings. The fraction of sp³-hybridized carbons (Fsp3) is 0.581. The fourth-order valence-electron chi connectivity index (χ4n) is 4.85. The summed E-state index contributed by atoms with van der Waals surface area (Å²) in [7, 11) is 0. The maximum absolute atomic E-state index is 13.8. The van der Waals surface area contributed by atoms with Crippen LogP contribution in [0.3, 0.4) is 0 Å². The second-order valence-electron chi connectivity index (χ2n) is 11.9. The number of aliphatic imine (C=N–C) groups is 1. The Balaban J connectivity index is 2.47. The van der Waals surface area contributed by atoms with E-state index in [9.17, 15) is 33.9 Å². The summed E-state index contributed by atoms with van der Waals surface area (Å²) < 4.78 is 0. The van der Waals surface area contributed by atoms with Gasteiger partial charge in [-0.3, -0.25) is 33.8 Å². The third-order valence-electron chi connectivity index (χ3n) is 7.51. The molecular weight excluding hydrogens is 610 g/mol. The number of guanidine groups is 1. The number of rotatable bonds is 12. The lowest BCUT2D eigenvalue weighted by atomic mass is 10.00. The van der Waals surface area contributed by atoms with E-state index in [-0.39, 0.29) is 43.4 Å². The number of phenols is 1. The number of nitrogens with one attached hydrogen (secondary N) is 6. The highest BCUT2D eigenvalue weighted by Crippen LogP contribution is 2.13. The van der Waals surface area contributed by atoms with Crippen molar-refractivity contribution in [3.63, 3.8) is 0 Å². The minimum Gasteiger partial charge on any atom is -0.508 e. The molecule has 0 bridgehead atoms. The largest absolute Gasteiger partial charge is 0.508 e. The molecule has 1 aromatic carbocycles. The van der Waals surface area contributed by atoms with Crippen LogP contribution in [-0.2, 0) is 35.2 Å². The van der Waals surface area contributed by atoms with Gasteiger partial charge in [0.2, 0.25) is 35.4 Å². The molecule has 2 rings (SSSR count).